The van der Waals surface area contributed by atoms with Crippen LogP contribution < -0.4 is 10.6 Å². The molecule has 0 aromatic carbocycles. The van der Waals surface area contributed by atoms with Crippen molar-refractivity contribution in [2.75, 3.05) is 13.2 Å². The van der Waals surface area contributed by atoms with Gasteiger partial charge >= 0.3 is 23.9 Å². The summed E-state index contributed by atoms with van der Waals surface area (Å²) < 4.78 is 30.7. The van der Waals surface area contributed by atoms with Crippen molar-refractivity contribution in [3.63, 3.8) is 0 Å². The van der Waals surface area contributed by atoms with Crippen molar-refractivity contribution in [1.29, 1.82) is 0 Å². The number of aliphatic carboxylic acids is 1. The molecule has 0 unspecified atom stereocenters. The normalized spacial score (nSPS) is 17.2. The monoisotopic (exact) mass is 1360 g/mol. The lowest BCUT2D eigenvalue weighted by molar-refractivity contribution is -0.274. The predicted octanol–water partition coefficient (Wildman–Crippen LogP) is 20.0. The average molecular weight is 1360 g/mol. The minimum absolute atomic E-state index is 0.179. The predicted molar refractivity (Wildman–Crippen MR) is 390 cm³/mol. The van der Waals surface area contributed by atoms with E-state index in [1.165, 1.54) is 186 Å². The standard InChI is InChI=1S/C80H150N2O14/c1-6-11-16-21-26-31-34-39-44-49-54-59-71(84)81-69(79(90)91)62-63-92-80-76(82-72(85)64-67(57-52-47-42-37-29-24-19-14-9-4)93-73(86)60-55-50-45-40-35-32-27-22-17-12-7-2)78(77(89)70(66-83)95-80)96-75(88)65-68(58-53-48-43-38-30-25-20-15-10-5)94-74(87)61-56-51-46-41-36-33-28-23-18-13-8-3/h67-70,76-78,80,83,89H,6-66H2,1-5H3,(H,81,84)(H,82,85)(H,90,91)/t67-,68-,69+,70-,76-,77-,78-,80-/m1/s1. The van der Waals surface area contributed by atoms with Crippen LogP contribution in [-0.4, -0.2) is 113 Å². The molecule has 0 spiro atoms. The van der Waals surface area contributed by atoms with E-state index in [2.05, 4.69) is 45.3 Å². The van der Waals surface area contributed by atoms with Gasteiger partial charge in [0, 0.05) is 25.7 Å². The van der Waals surface area contributed by atoms with Gasteiger partial charge in [-0.15, -0.1) is 0 Å². The Morgan fingerprint density at radius 2 is 0.719 bits per heavy atom. The lowest BCUT2D eigenvalue weighted by Gasteiger charge is -2.44. The average Bonchev–Trinajstić information content (AvgIpc) is 0.798. The maximum absolute atomic E-state index is 14.6. The Morgan fingerprint density at radius 3 is 1.06 bits per heavy atom. The van der Waals surface area contributed by atoms with E-state index in [9.17, 15) is 44.1 Å². The number of unbranched alkanes of at least 4 members (excludes halogenated alkanes) is 46. The van der Waals surface area contributed by atoms with E-state index in [1.807, 2.05) is 0 Å². The van der Waals surface area contributed by atoms with Gasteiger partial charge in [-0.2, -0.15) is 0 Å². The molecule has 1 saturated heterocycles. The van der Waals surface area contributed by atoms with E-state index < -0.39 is 73.3 Å². The van der Waals surface area contributed by atoms with E-state index >= 15 is 0 Å². The number of carboxylic acids is 1. The molecule has 0 aliphatic carbocycles. The summed E-state index contributed by atoms with van der Waals surface area (Å²) in [4.78, 5) is 81.8. The summed E-state index contributed by atoms with van der Waals surface area (Å²) in [6, 6.07) is -2.73. The molecule has 5 N–H and O–H groups in total. The number of aliphatic hydroxyl groups excluding tert-OH is 2. The first-order valence-electron chi connectivity index (χ1n) is 40.8. The fraction of sp³-hybridized carbons (Fsp3) is 0.925. The molecule has 1 fully saturated rings. The topological polar surface area (TPSA) is 233 Å². The van der Waals surface area contributed by atoms with Crippen molar-refractivity contribution in [2.24, 2.45) is 0 Å². The minimum Gasteiger partial charge on any atom is -0.480 e. The summed E-state index contributed by atoms with van der Waals surface area (Å²) in [5, 5.41) is 38.4. The summed E-state index contributed by atoms with van der Waals surface area (Å²) >= 11 is 0. The third-order valence-corrected chi connectivity index (χ3v) is 19.4. The first-order chi connectivity index (χ1) is 46.8. The van der Waals surface area contributed by atoms with Gasteiger partial charge in [0.25, 0.3) is 0 Å². The quantitative estimate of drug-likeness (QED) is 0.0217. The highest BCUT2D eigenvalue weighted by atomic mass is 16.7. The van der Waals surface area contributed by atoms with Crippen molar-refractivity contribution in [1.82, 2.24) is 10.6 Å². The van der Waals surface area contributed by atoms with Gasteiger partial charge in [0.05, 0.1) is 26.1 Å². The maximum atomic E-state index is 14.6. The second kappa shape index (κ2) is 66.2. The number of carbonyl (C=O) groups is 6. The molecule has 0 aromatic heterocycles. The highest BCUT2D eigenvalue weighted by Gasteiger charge is 2.49. The molecule has 8 atom stereocenters. The van der Waals surface area contributed by atoms with Crippen molar-refractivity contribution in [3.8, 4) is 0 Å². The molecule has 16 nitrogen and oxygen atoms in total. The molecule has 16 heteroatoms. The van der Waals surface area contributed by atoms with Crippen LogP contribution in [0.25, 0.3) is 0 Å². The van der Waals surface area contributed by atoms with Crippen LogP contribution in [0.2, 0.25) is 0 Å². The van der Waals surface area contributed by atoms with Gasteiger partial charge in [0.2, 0.25) is 11.8 Å². The number of rotatable bonds is 71. The number of hydrogen-bond acceptors (Lipinski definition) is 13. The lowest BCUT2D eigenvalue weighted by Crippen LogP contribution is -2.66. The van der Waals surface area contributed by atoms with Crippen LogP contribution in [0, 0.1) is 0 Å². The first-order valence-corrected chi connectivity index (χ1v) is 40.8. The second-order valence-electron chi connectivity index (χ2n) is 28.6. The molecule has 1 rings (SSSR count). The number of carboxylic acid groups (broad SMARTS) is 1. The van der Waals surface area contributed by atoms with Gasteiger partial charge in [-0.25, -0.2) is 4.79 Å². The number of hydrogen-bond donors (Lipinski definition) is 5. The van der Waals surface area contributed by atoms with Gasteiger partial charge in [0.15, 0.2) is 12.4 Å². The van der Waals surface area contributed by atoms with Gasteiger partial charge in [0.1, 0.15) is 36.5 Å². The lowest BCUT2D eigenvalue weighted by atomic mass is 9.96. The van der Waals surface area contributed by atoms with Crippen LogP contribution in [0.15, 0.2) is 0 Å². The zero-order valence-electron chi connectivity index (χ0n) is 62.6. The van der Waals surface area contributed by atoms with Crippen LogP contribution >= 0.6 is 0 Å². The van der Waals surface area contributed by atoms with Gasteiger partial charge in [-0.05, 0) is 44.9 Å². The Hall–Kier alpha value is -3.34. The Balaban J connectivity index is 3.42. The summed E-state index contributed by atoms with van der Waals surface area (Å²) in [5.41, 5.74) is 0. The first kappa shape index (κ1) is 90.7. The highest BCUT2D eigenvalue weighted by Crippen LogP contribution is 2.28. The molecule has 96 heavy (non-hydrogen) atoms. The fourth-order valence-corrected chi connectivity index (χ4v) is 13.2. The Labute approximate surface area is 587 Å². The molecule has 0 radical (unpaired) electrons. The van der Waals surface area contributed by atoms with E-state index in [-0.39, 0.29) is 63.0 Å². The minimum atomic E-state index is -1.67. The van der Waals surface area contributed by atoms with Crippen molar-refractivity contribution in [3.05, 3.63) is 0 Å². The smallest absolute Gasteiger partial charge is 0.326 e. The molecular weight excluding hydrogens is 1210 g/mol. The van der Waals surface area contributed by atoms with E-state index in [0.29, 0.717) is 32.1 Å². The Kier molecular flexibility index (Phi) is 62.5. The molecule has 0 saturated carbocycles. The van der Waals surface area contributed by atoms with Crippen molar-refractivity contribution in [2.45, 2.75) is 462 Å². The largest absolute Gasteiger partial charge is 0.480 e. The van der Waals surface area contributed by atoms with Crippen LogP contribution in [0.5, 0.6) is 0 Å². The Bertz CT molecular complexity index is 1840. The number of amides is 2. The third-order valence-electron chi connectivity index (χ3n) is 19.4. The van der Waals surface area contributed by atoms with E-state index in [1.54, 1.807) is 0 Å². The highest BCUT2D eigenvalue weighted by molar-refractivity contribution is 5.83. The summed E-state index contributed by atoms with van der Waals surface area (Å²) in [5.74, 6) is -3.79. The summed E-state index contributed by atoms with van der Waals surface area (Å²) in [6.45, 7) is 10.1. The molecule has 2 amide bonds. The van der Waals surface area contributed by atoms with Crippen LogP contribution in [-0.2, 0) is 52.5 Å². The molecule has 1 aliphatic rings. The zero-order chi connectivity index (χ0) is 70.2. The second-order valence-corrected chi connectivity index (χ2v) is 28.6. The third kappa shape index (κ3) is 52.6. The molecule has 1 heterocycles. The zero-order valence-corrected chi connectivity index (χ0v) is 62.6. The van der Waals surface area contributed by atoms with Gasteiger partial charge in [-0.1, -0.05) is 330 Å². The number of esters is 3. The van der Waals surface area contributed by atoms with Crippen LogP contribution in [0.3, 0.4) is 0 Å². The SMILES string of the molecule is CCCCCCCCCCCCCC(=O)N[C@@H](CCO[C@@H]1O[C@H](CO)[C@@H](O)[C@H](OC(=O)C[C@@H](CCCCCCCCCCC)OC(=O)CCCCCCCCCCCCC)[C@H]1NC(=O)C[C@@H](CCCCCCCCCCC)OC(=O)CCCCCCCCCCCCC)C(=O)O. The number of aliphatic hydroxyl groups is 2. The van der Waals surface area contributed by atoms with Crippen molar-refractivity contribution < 1.29 is 67.8 Å². The van der Waals surface area contributed by atoms with Crippen LogP contribution in [0.1, 0.15) is 413 Å². The Morgan fingerprint density at radius 1 is 0.396 bits per heavy atom. The number of ether oxygens (including phenoxy) is 5. The van der Waals surface area contributed by atoms with Crippen molar-refractivity contribution >= 4 is 35.7 Å². The summed E-state index contributed by atoms with van der Waals surface area (Å²) in [7, 11) is 0. The van der Waals surface area contributed by atoms with Crippen LogP contribution in [0.4, 0.5) is 0 Å². The molecule has 564 valence electrons. The summed E-state index contributed by atoms with van der Waals surface area (Å²) in [6.07, 6.45) is 50.1. The molecule has 1 aliphatic heterocycles. The fourth-order valence-electron chi connectivity index (χ4n) is 13.2. The van der Waals surface area contributed by atoms with E-state index in [4.69, 9.17) is 23.7 Å². The van der Waals surface area contributed by atoms with Gasteiger partial charge in [-0.3, -0.25) is 24.0 Å². The number of nitrogens with one attached hydrogen (secondary N) is 2. The molecular formula is C80H150N2O14. The molecule has 0 bridgehead atoms. The van der Waals surface area contributed by atoms with E-state index in [0.717, 1.165) is 122 Å². The van der Waals surface area contributed by atoms with Gasteiger partial charge < -0.3 is 49.6 Å². The molecule has 0 aromatic rings. The number of carbonyl (C=O) groups excluding carboxylic acids is 5. The maximum Gasteiger partial charge on any atom is 0.326 e.